The third-order valence-corrected chi connectivity index (χ3v) is 4.38. The van der Waals surface area contributed by atoms with Crippen molar-refractivity contribution in [2.75, 3.05) is 13.1 Å². The first kappa shape index (κ1) is 13.4. The van der Waals surface area contributed by atoms with E-state index in [1.165, 1.54) is 18.5 Å². The van der Waals surface area contributed by atoms with Gasteiger partial charge in [-0.2, -0.15) is 5.10 Å². The topological polar surface area (TPSA) is 47.7 Å². The number of hydrogen-bond donors (Lipinski definition) is 1. The van der Waals surface area contributed by atoms with Crippen molar-refractivity contribution in [2.45, 2.75) is 44.7 Å². The SMILES string of the molecule is CC1(c2cncn2CCCn2cccn2)CCNCC1. The van der Waals surface area contributed by atoms with Crippen LogP contribution in [0.15, 0.2) is 31.0 Å². The van der Waals surface area contributed by atoms with Crippen molar-refractivity contribution in [1.29, 1.82) is 0 Å². The van der Waals surface area contributed by atoms with Crippen LogP contribution in [0, 0.1) is 0 Å². The first-order valence-corrected chi connectivity index (χ1v) is 7.47. The molecule has 2 aromatic rings. The van der Waals surface area contributed by atoms with E-state index in [4.69, 9.17) is 0 Å². The Morgan fingerprint density at radius 2 is 2.15 bits per heavy atom. The molecule has 0 radical (unpaired) electrons. The van der Waals surface area contributed by atoms with Gasteiger partial charge in [0.05, 0.1) is 6.33 Å². The van der Waals surface area contributed by atoms with E-state index in [9.17, 15) is 0 Å². The van der Waals surface area contributed by atoms with Gasteiger partial charge in [-0.25, -0.2) is 4.98 Å². The molecule has 20 heavy (non-hydrogen) atoms. The van der Waals surface area contributed by atoms with Crippen LogP contribution in [0.3, 0.4) is 0 Å². The zero-order chi connectivity index (χ0) is 13.8. The molecule has 2 aromatic heterocycles. The summed E-state index contributed by atoms with van der Waals surface area (Å²) in [5.41, 5.74) is 1.66. The molecule has 3 rings (SSSR count). The molecular weight excluding hydrogens is 250 g/mol. The number of imidazole rings is 1. The second-order valence-corrected chi connectivity index (χ2v) is 5.91. The van der Waals surface area contributed by atoms with E-state index in [0.717, 1.165) is 32.6 Å². The Bertz CT molecular complexity index is 522. The largest absolute Gasteiger partial charge is 0.334 e. The maximum atomic E-state index is 4.38. The van der Waals surface area contributed by atoms with Crippen LogP contribution < -0.4 is 5.32 Å². The van der Waals surface area contributed by atoms with Crippen molar-refractivity contribution in [2.24, 2.45) is 0 Å². The molecule has 5 heteroatoms. The second kappa shape index (κ2) is 5.79. The van der Waals surface area contributed by atoms with Crippen molar-refractivity contribution < 1.29 is 0 Å². The van der Waals surface area contributed by atoms with Crippen LogP contribution in [0.1, 0.15) is 31.9 Å². The average molecular weight is 273 g/mol. The van der Waals surface area contributed by atoms with Crippen molar-refractivity contribution >= 4 is 0 Å². The monoisotopic (exact) mass is 273 g/mol. The number of aryl methyl sites for hydroxylation is 2. The van der Waals surface area contributed by atoms with Gasteiger partial charge >= 0.3 is 0 Å². The highest BCUT2D eigenvalue weighted by molar-refractivity contribution is 5.15. The molecule has 0 spiro atoms. The van der Waals surface area contributed by atoms with Crippen molar-refractivity contribution in [3.8, 4) is 0 Å². The van der Waals surface area contributed by atoms with E-state index < -0.39 is 0 Å². The molecule has 1 N–H and O–H groups in total. The molecule has 0 aliphatic carbocycles. The third kappa shape index (κ3) is 2.77. The molecule has 0 unspecified atom stereocenters. The average Bonchev–Trinajstić information content (AvgIpc) is 3.11. The number of rotatable bonds is 5. The zero-order valence-corrected chi connectivity index (χ0v) is 12.1. The van der Waals surface area contributed by atoms with Crippen molar-refractivity contribution in [1.82, 2.24) is 24.6 Å². The third-order valence-electron chi connectivity index (χ3n) is 4.38. The molecule has 108 valence electrons. The normalized spacial score (nSPS) is 18.2. The van der Waals surface area contributed by atoms with E-state index >= 15 is 0 Å². The lowest BCUT2D eigenvalue weighted by Crippen LogP contribution is -2.39. The fourth-order valence-corrected chi connectivity index (χ4v) is 3.07. The molecular formula is C15H23N5. The number of aromatic nitrogens is 4. The molecule has 3 heterocycles. The predicted molar refractivity (Wildman–Crippen MR) is 78.5 cm³/mol. The van der Waals surface area contributed by atoms with Gasteiger partial charge in [0, 0.05) is 42.8 Å². The molecule has 1 saturated heterocycles. The van der Waals surface area contributed by atoms with E-state index in [2.05, 4.69) is 33.1 Å². The maximum absolute atomic E-state index is 4.38. The van der Waals surface area contributed by atoms with Gasteiger partial charge in [0.25, 0.3) is 0 Å². The van der Waals surface area contributed by atoms with Gasteiger partial charge in [0.2, 0.25) is 0 Å². The number of hydrogen-bond acceptors (Lipinski definition) is 3. The molecule has 0 bridgehead atoms. The fourth-order valence-electron chi connectivity index (χ4n) is 3.07. The standard InChI is InChI=1S/C15H23N5/c1-15(4-7-16-8-5-15)14-12-17-13-19(14)9-3-11-20-10-2-6-18-20/h2,6,10,12-13,16H,3-5,7-9,11H2,1H3. The highest BCUT2D eigenvalue weighted by atomic mass is 15.3. The minimum atomic E-state index is 0.271. The molecule has 0 atom stereocenters. The van der Waals surface area contributed by atoms with Crippen molar-refractivity contribution in [3.63, 3.8) is 0 Å². The van der Waals surface area contributed by atoms with E-state index in [0.29, 0.717) is 0 Å². The van der Waals surface area contributed by atoms with Gasteiger partial charge in [-0.05, 0) is 38.4 Å². The van der Waals surface area contributed by atoms with E-state index in [1.807, 2.05) is 29.5 Å². The van der Waals surface area contributed by atoms with E-state index in [-0.39, 0.29) is 5.41 Å². The Morgan fingerprint density at radius 3 is 2.90 bits per heavy atom. The molecule has 0 aromatic carbocycles. The molecule has 0 saturated carbocycles. The molecule has 5 nitrogen and oxygen atoms in total. The van der Waals surface area contributed by atoms with Gasteiger partial charge in [-0.3, -0.25) is 4.68 Å². The van der Waals surface area contributed by atoms with Crippen LogP contribution in [-0.4, -0.2) is 32.4 Å². The Kier molecular flexibility index (Phi) is 3.87. The van der Waals surface area contributed by atoms with E-state index in [1.54, 1.807) is 0 Å². The highest BCUT2D eigenvalue weighted by Crippen LogP contribution is 2.32. The van der Waals surface area contributed by atoms with Gasteiger partial charge in [-0.15, -0.1) is 0 Å². The quantitative estimate of drug-likeness (QED) is 0.904. The summed E-state index contributed by atoms with van der Waals surface area (Å²) in [7, 11) is 0. The van der Waals surface area contributed by atoms with Crippen LogP contribution in [0.2, 0.25) is 0 Å². The van der Waals surface area contributed by atoms with Crippen LogP contribution in [0.25, 0.3) is 0 Å². The van der Waals surface area contributed by atoms with Gasteiger partial charge in [0.1, 0.15) is 0 Å². The highest BCUT2D eigenvalue weighted by Gasteiger charge is 2.31. The molecule has 1 aliphatic rings. The fraction of sp³-hybridized carbons (Fsp3) is 0.600. The Labute approximate surface area is 120 Å². The van der Waals surface area contributed by atoms with Crippen LogP contribution in [0.4, 0.5) is 0 Å². The summed E-state index contributed by atoms with van der Waals surface area (Å²) in [6.45, 7) is 6.56. The summed E-state index contributed by atoms with van der Waals surface area (Å²) >= 11 is 0. The molecule has 0 amide bonds. The van der Waals surface area contributed by atoms with Gasteiger partial charge in [-0.1, -0.05) is 6.92 Å². The van der Waals surface area contributed by atoms with Crippen LogP contribution in [-0.2, 0) is 18.5 Å². The zero-order valence-electron chi connectivity index (χ0n) is 12.1. The summed E-state index contributed by atoms with van der Waals surface area (Å²) in [6.07, 6.45) is 11.3. The maximum Gasteiger partial charge on any atom is 0.0948 e. The molecule has 1 aliphatic heterocycles. The first-order valence-electron chi connectivity index (χ1n) is 7.47. The minimum Gasteiger partial charge on any atom is -0.334 e. The second-order valence-electron chi connectivity index (χ2n) is 5.91. The van der Waals surface area contributed by atoms with Crippen molar-refractivity contribution in [3.05, 3.63) is 36.7 Å². The number of piperidine rings is 1. The number of nitrogens with one attached hydrogen (secondary N) is 1. The smallest absolute Gasteiger partial charge is 0.0948 e. The Hall–Kier alpha value is -1.62. The molecule has 1 fully saturated rings. The van der Waals surface area contributed by atoms with Gasteiger partial charge < -0.3 is 9.88 Å². The van der Waals surface area contributed by atoms with Crippen LogP contribution >= 0.6 is 0 Å². The lowest BCUT2D eigenvalue weighted by molar-refractivity contribution is 0.315. The Balaban J connectivity index is 1.64. The first-order chi connectivity index (χ1) is 9.78. The lowest BCUT2D eigenvalue weighted by atomic mass is 9.78. The summed E-state index contributed by atoms with van der Waals surface area (Å²) in [5.74, 6) is 0. The summed E-state index contributed by atoms with van der Waals surface area (Å²) in [6, 6.07) is 1.97. The Morgan fingerprint density at radius 1 is 1.30 bits per heavy atom. The predicted octanol–water partition coefficient (Wildman–Crippen LogP) is 1.81. The summed E-state index contributed by atoms with van der Waals surface area (Å²) in [5, 5.41) is 7.69. The summed E-state index contributed by atoms with van der Waals surface area (Å²) < 4.78 is 4.32. The van der Waals surface area contributed by atoms with Gasteiger partial charge in [0.15, 0.2) is 0 Å². The van der Waals surface area contributed by atoms with Crippen LogP contribution in [0.5, 0.6) is 0 Å². The minimum absolute atomic E-state index is 0.271. The summed E-state index contributed by atoms with van der Waals surface area (Å²) in [4.78, 5) is 4.38. The lowest BCUT2D eigenvalue weighted by Gasteiger charge is -2.34. The number of nitrogens with zero attached hydrogens (tertiary/aromatic N) is 4.